The first-order valence-electron chi connectivity index (χ1n) is 10.2. The van der Waals surface area contributed by atoms with Crippen LogP contribution in [0.1, 0.15) is 23.0 Å². The van der Waals surface area contributed by atoms with E-state index in [0.29, 0.717) is 23.8 Å². The Morgan fingerprint density at radius 1 is 1.12 bits per heavy atom. The Hall–Kier alpha value is -4.14. The van der Waals surface area contributed by atoms with Gasteiger partial charge in [-0.1, -0.05) is 18.2 Å². The third-order valence-electron chi connectivity index (χ3n) is 4.84. The summed E-state index contributed by atoms with van der Waals surface area (Å²) in [5, 5.41) is 7.76. The molecule has 9 heteroatoms. The number of esters is 1. The summed E-state index contributed by atoms with van der Waals surface area (Å²) in [6, 6.07) is 15.3. The second-order valence-corrected chi connectivity index (χ2v) is 7.06. The first-order chi connectivity index (χ1) is 15.6. The van der Waals surface area contributed by atoms with Gasteiger partial charge in [0.1, 0.15) is 11.6 Å². The lowest BCUT2D eigenvalue weighted by Gasteiger charge is -2.21. The van der Waals surface area contributed by atoms with Gasteiger partial charge in [-0.05, 0) is 36.8 Å². The number of aromatic nitrogens is 4. The minimum absolute atomic E-state index is 0.255. The molecule has 0 fully saturated rings. The maximum absolute atomic E-state index is 12.4. The third-order valence-corrected chi connectivity index (χ3v) is 4.84. The lowest BCUT2D eigenvalue weighted by atomic mass is 10.2. The van der Waals surface area contributed by atoms with Gasteiger partial charge in [0.25, 0.3) is 0 Å². The molecule has 0 bridgehead atoms. The monoisotopic (exact) mass is 432 g/mol. The first kappa shape index (κ1) is 21.1. The highest BCUT2D eigenvalue weighted by Gasteiger charge is 2.20. The standard InChI is InChI=1S/C23H24N6O3/c1-4-32-23(30)19-14-25-22-18(28(2)15-16-8-10-17(31-3)11-9-16)13-21(27-29(19)22)26-20-7-5-6-12-24-20/h5-14H,4,15H2,1-3H3,(H,24,26,27). The van der Waals surface area contributed by atoms with Crippen LogP contribution in [0.3, 0.4) is 0 Å². The summed E-state index contributed by atoms with van der Waals surface area (Å²) < 4.78 is 11.9. The van der Waals surface area contributed by atoms with Gasteiger partial charge >= 0.3 is 5.97 Å². The summed E-state index contributed by atoms with van der Waals surface area (Å²) in [6.07, 6.45) is 3.18. The molecule has 0 aliphatic heterocycles. The molecule has 0 spiro atoms. The number of hydrogen-bond donors (Lipinski definition) is 1. The van der Waals surface area contributed by atoms with Crippen LogP contribution in [0.15, 0.2) is 60.9 Å². The van der Waals surface area contributed by atoms with Crippen molar-refractivity contribution in [2.24, 2.45) is 0 Å². The van der Waals surface area contributed by atoms with Gasteiger partial charge in [-0.3, -0.25) is 0 Å². The average molecular weight is 432 g/mol. The van der Waals surface area contributed by atoms with Crippen molar-refractivity contribution in [3.63, 3.8) is 0 Å². The lowest BCUT2D eigenvalue weighted by molar-refractivity contribution is 0.0517. The summed E-state index contributed by atoms with van der Waals surface area (Å²) in [5.74, 6) is 1.49. The van der Waals surface area contributed by atoms with Crippen molar-refractivity contribution in [3.05, 3.63) is 72.2 Å². The smallest absolute Gasteiger partial charge is 0.358 e. The maximum Gasteiger partial charge on any atom is 0.358 e. The Labute approximate surface area is 185 Å². The molecule has 1 N–H and O–H groups in total. The normalized spacial score (nSPS) is 10.7. The van der Waals surface area contributed by atoms with Crippen LogP contribution in [0.25, 0.3) is 5.65 Å². The number of carbonyl (C=O) groups excluding carboxylic acids is 1. The number of anilines is 3. The van der Waals surface area contributed by atoms with E-state index in [1.165, 1.54) is 10.7 Å². The number of pyridine rings is 1. The van der Waals surface area contributed by atoms with Gasteiger partial charge < -0.3 is 19.7 Å². The van der Waals surface area contributed by atoms with Gasteiger partial charge in [0.15, 0.2) is 17.2 Å². The van der Waals surface area contributed by atoms with E-state index >= 15 is 0 Å². The van der Waals surface area contributed by atoms with Gasteiger partial charge in [0, 0.05) is 25.9 Å². The summed E-state index contributed by atoms with van der Waals surface area (Å²) >= 11 is 0. The molecule has 0 radical (unpaired) electrons. The van der Waals surface area contributed by atoms with E-state index in [4.69, 9.17) is 9.47 Å². The van der Waals surface area contributed by atoms with Crippen molar-refractivity contribution in [1.29, 1.82) is 0 Å². The number of hydrogen-bond acceptors (Lipinski definition) is 8. The van der Waals surface area contributed by atoms with Crippen LogP contribution in [0.2, 0.25) is 0 Å². The zero-order valence-corrected chi connectivity index (χ0v) is 18.1. The fourth-order valence-corrected chi connectivity index (χ4v) is 3.30. The van der Waals surface area contributed by atoms with Crippen molar-refractivity contribution in [1.82, 2.24) is 19.6 Å². The van der Waals surface area contributed by atoms with E-state index < -0.39 is 5.97 Å². The van der Waals surface area contributed by atoms with E-state index in [9.17, 15) is 4.79 Å². The number of fused-ring (bicyclic) bond motifs is 1. The van der Waals surface area contributed by atoms with Crippen LogP contribution in [-0.4, -0.2) is 46.3 Å². The fourth-order valence-electron chi connectivity index (χ4n) is 3.30. The highest BCUT2D eigenvalue weighted by atomic mass is 16.5. The van der Waals surface area contributed by atoms with Crippen molar-refractivity contribution in [2.45, 2.75) is 13.5 Å². The number of rotatable bonds is 8. The molecule has 3 aromatic heterocycles. The topological polar surface area (TPSA) is 93.9 Å². The maximum atomic E-state index is 12.4. The van der Waals surface area contributed by atoms with Crippen LogP contribution >= 0.6 is 0 Å². The predicted octanol–water partition coefficient (Wildman–Crippen LogP) is 3.69. The number of nitrogens with one attached hydrogen (secondary N) is 1. The van der Waals surface area contributed by atoms with Gasteiger partial charge in [-0.2, -0.15) is 0 Å². The minimum Gasteiger partial charge on any atom is -0.497 e. The van der Waals surface area contributed by atoms with Gasteiger partial charge in [0.05, 0.1) is 25.6 Å². The van der Waals surface area contributed by atoms with Gasteiger partial charge in [-0.15, -0.1) is 5.10 Å². The van der Waals surface area contributed by atoms with Crippen LogP contribution in [0.4, 0.5) is 17.3 Å². The molecular weight excluding hydrogens is 408 g/mol. The summed E-state index contributed by atoms with van der Waals surface area (Å²) in [7, 11) is 3.60. The largest absolute Gasteiger partial charge is 0.497 e. The van der Waals surface area contributed by atoms with Crippen LogP contribution in [0.5, 0.6) is 5.75 Å². The van der Waals surface area contributed by atoms with Crippen molar-refractivity contribution in [3.8, 4) is 5.75 Å². The molecule has 0 aliphatic carbocycles. The summed E-state index contributed by atoms with van der Waals surface area (Å²) in [4.78, 5) is 23.2. The average Bonchev–Trinajstić information content (AvgIpc) is 3.24. The van der Waals surface area contributed by atoms with E-state index in [-0.39, 0.29) is 12.3 Å². The lowest BCUT2D eigenvalue weighted by Crippen LogP contribution is -2.19. The molecule has 4 aromatic rings. The SMILES string of the molecule is CCOC(=O)c1cnc2c(N(C)Cc3ccc(OC)cc3)cc(Nc3ccccn3)nn12. The second-order valence-electron chi connectivity index (χ2n) is 7.06. The van der Waals surface area contributed by atoms with Crippen LogP contribution < -0.4 is 15.0 Å². The molecule has 0 unspecified atom stereocenters. The van der Waals surface area contributed by atoms with Crippen LogP contribution in [0, 0.1) is 0 Å². The summed E-state index contributed by atoms with van der Waals surface area (Å²) in [5.41, 5.74) is 2.70. The Balaban J connectivity index is 1.73. The molecule has 4 rings (SSSR count). The van der Waals surface area contributed by atoms with E-state index in [0.717, 1.165) is 17.0 Å². The molecule has 0 amide bonds. The van der Waals surface area contributed by atoms with E-state index in [1.807, 2.05) is 60.5 Å². The minimum atomic E-state index is -0.480. The number of ether oxygens (including phenoxy) is 2. The zero-order chi connectivity index (χ0) is 22.5. The molecular formula is C23H24N6O3. The highest BCUT2D eigenvalue weighted by Crippen LogP contribution is 2.26. The Morgan fingerprint density at radius 3 is 2.62 bits per heavy atom. The van der Waals surface area contributed by atoms with Gasteiger partial charge in [-0.25, -0.2) is 19.3 Å². The quantitative estimate of drug-likeness (QED) is 0.421. The Morgan fingerprint density at radius 2 is 1.94 bits per heavy atom. The molecule has 0 saturated heterocycles. The Kier molecular flexibility index (Phi) is 6.16. The molecule has 0 saturated carbocycles. The number of nitrogens with zero attached hydrogens (tertiary/aromatic N) is 5. The summed E-state index contributed by atoms with van der Waals surface area (Å²) in [6.45, 7) is 2.65. The zero-order valence-electron chi connectivity index (χ0n) is 18.1. The fraction of sp³-hybridized carbons (Fsp3) is 0.217. The molecule has 1 aromatic carbocycles. The number of methoxy groups -OCH3 is 1. The second kappa shape index (κ2) is 9.34. The number of carbonyl (C=O) groups is 1. The van der Waals surface area contributed by atoms with Gasteiger partial charge in [0.2, 0.25) is 0 Å². The third kappa shape index (κ3) is 4.46. The molecule has 9 nitrogen and oxygen atoms in total. The molecule has 0 atom stereocenters. The molecule has 32 heavy (non-hydrogen) atoms. The molecule has 164 valence electrons. The molecule has 0 aliphatic rings. The van der Waals surface area contributed by atoms with E-state index in [1.54, 1.807) is 20.2 Å². The van der Waals surface area contributed by atoms with Crippen LogP contribution in [-0.2, 0) is 11.3 Å². The van der Waals surface area contributed by atoms with Crippen molar-refractivity contribution in [2.75, 3.05) is 31.0 Å². The van der Waals surface area contributed by atoms with E-state index in [2.05, 4.69) is 20.4 Å². The van der Waals surface area contributed by atoms with Crippen molar-refractivity contribution < 1.29 is 14.3 Å². The first-order valence-corrected chi connectivity index (χ1v) is 10.2. The predicted molar refractivity (Wildman–Crippen MR) is 122 cm³/mol. The Bertz CT molecular complexity index is 1210. The number of benzene rings is 1. The number of imidazole rings is 1. The molecule has 3 heterocycles. The highest BCUT2D eigenvalue weighted by molar-refractivity contribution is 5.89. The van der Waals surface area contributed by atoms with Crippen molar-refractivity contribution >= 4 is 28.9 Å².